The molecule has 0 bridgehead atoms. The minimum absolute atomic E-state index is 0.102. The van der Waals surface area contributed by atoms with Gasteiger partial charge in [-0.05, 0) is 6.07 Å². The minimum atomic E-state index is -0.797. The van der Waals surface area contributed by atoms with E-state index in [0.29, 0.717) is 5.56 Å². The average Bonchev–Trinajstić information content (AvgIpc) is 2.55. The van der Waals surface area contributed by atoms with Gasteiger partial charge in [0.25, 0.3) is 0 Å². The van der Waals surface area contributed by atoms with Crippen molar-refractivity contribution in [1.29, 1.82) is 0 Å². The Balaban J connectivity index is 2.28. The molecule has 0 spiro atoms. The Bertz CT molecular complexity index is 695. The fourth-order valence-electron chi connectivity index (χ4n) is 2.01. The minimum Gasteiger partial charge on any atom is -0.497 e. The van der Waals surface area contributed by atoms with Crippen LogP contribution in [0.4, 0.5) is 4.39 Å². The summed E-state index contributed by atoms with van der Waals surface area (Å²) in [7, 11) is 2.69. The molecule has 0 aliphatic carbocycles. The standard InChI is InChI=1S/C17H15FO4/c1-21-12-8-13(17(18)16(9-12)22-2)15(20)10-14(19)11-6-4-3-5-7-11/h3-9H,10H2,1-2H3. The smallest absolute Gasteiger partial charge is 0.176 e. The van der Waals surface area contributed by atoms with Crippen molar-refractivity contribution < 1.29 is 23.5 Å². The van der Waals surface area contributed by atoms with Gasteiger partial charge in [0, 0.05) is 11.6 Å². The summed E-state index contributed by atoms with van der Waals surface area (Å²) in [5, 5.41) is 0. The predicted molar refractivity (Wildman–Crippen MR) is 79.2 cm³/mol. The Hall–Kier alpha value is -2.69. The molecule has 0 amide bonds. The molecule has 2 rings (SSSR count). The summed E-state index contributed by atoms with van der Waals surface area (Å²) in [4.78, 5) is 24.3. The van der Waals surface area contributed by atoms with Crippen LogP contribution in [-0.2, 0) is 0 Å². The monoisotopic (exact) mass is 302 g/mol. The number of rotatable bonds is 6. The van der Waals surface area contributed by atoms with Crippen LogP contribution in [0.15, 0.2) is 42.5 Å². The molecule has 0 atom stereocenters. The lowest BCUT2D eigenvalue weighted by Crippen LogP contribution is -2.11. The number of hydrogen-bond acceptors (Lipinski definition) is 4. The van der Waals surface area contributed by atoms with Crippen molar-refractivity contribution in [2.24, 2.45) is 0 Å². The number of benzene rings is 2. The van der Waals surface area contributed by atoms with Gasteiger partial charge in [-0.15, -0.1) is 0 Å². The van der Waals surface area contributed by atoms with E-state index in [9.17, 15) is 14.0 Å². The van der Waals surface area contributed by atoms with E-state index in [4.69, 9.17) is 9.47 Å². The molecule has 0 fully saturated rings. The van der Waals surface area contributed by atoms with Crippen LogP contribution in [-0.4, -0.2) is 25.8 Å². The first-order valence-electron chi connectivity index (χ1n) is 6.59. The molecule has 0 radical (unpaired) electrons. The normalized spacial score (nSPS) is 10.1. The van der Waals surface area contributed by atoms with Crippen LogP contribution in [0.25, 0.3) is 0 Å². The molecule has 2 aromatic rings. The first kappa shape index (κ1) is 15.7. The van der Waals surface area contributed by atoms with Crippen LogP contribution in [0.5, 0.6) is 11.5 Å². The number of halogens is 1. The third-order valence-electron chi connectivity index (χ3n) is 3.19. The lowest BCUT2D eigenvalue weighted by molar-refractivity contribution is 0.0891. The predicted octanol–water partition coefficient (Wildman–Crippen LogP) is 3.30. The number of ketones is 2. The summed E-state index contributed by atoms with van der Waals surface area (Å²) in [6.07, 6.45) is -0.419. The number of ether oxygens (including phenoxy) is 2. The number of carbonyl (C=O) groups excluding carboxylic acids is 2. The SMILES string of the molecule is COc1cc(OC)c(F)c(C(=O)CC(=O)c2ccccc2)c1. The topological polar surface area (TPSA) is 52.6 Å². The van der Waals surface area contributed by atoms with Crippen LogP contribution in [0, 0.1) is 5.82 Å². The number of hydrogen-bond donors (Lipinski definition) is 0. The molecule has 2 aromatic carbocycles. The Morgan fingerprint density at radius 3 is 2.27 bits per heavy atom. The van der Waals surface area contributed by atoms with Gasteiger partial charge < -0.3 is 9.47 Å². The molecule has 22 heavy (non-hydrogen) atoms. The Labute approximate surface area is 127 Å². The second kappa shape index (κ2) is 6.85. The number of carbonyl (C=O) groups is 2. The first-order chi connectivity index (χ1) is 10.6. The van der Waals surface area contributed by atoms with E-state index in [-0.39, 0.29) is 22.8 Å². The van der Waals surface area contributed by atoms with Crippen LogP contribution in [0.2, 0.25) is 0 Å². The molecule has 0 aliphatic heterocycles. The van der Waals surface area contributed by atoms with Crippen LogP contribution in [0.3, 0.4) is 0 Å². The van der Waals surface area contributed by atoms with Gasteiger partial charge in [-0.3, -0.25) is 9.59 Å². The van der Waals surface area contributed by atoms with Crippen LogP contribution < -0.4 is 9.47 Å². The molecular formula is C17H15FO4. The Morgan fingerprint density at radius 2 is 1.68 bits per heavy atom. The van der Waals surface area contributed by atoms with Gasteiger partial charge in [-0.1, -0.05) is 30.3 Å². The van der Waals surface area contributed by atoms with Crippen LogP contribution in [0.1, 0.15) is 27.1 Å². The fraction of sp³-hybridized carbons (Fsp3) is 0.176. The van der Waals surface area contributed by atoms with Crippen LogP contribution >= 0.6 is 0 Å². The van der Waals surface area contributed by atoms with E-state index in [1.54, 1.807) is 30.3 Å². The van der Waals surface area contributed by atoms with Crippen molar-refractivity contribution >= 4 is 11.6 Å². The molecule has 0 saturated heterocycles. The molecule has 0 saturated carbocycles. The third kappa shape index (κ3) is 3.31. The Morgan fingerprint density at radius 1 is 1.00 bits per heavy atom. The Kier molecular flexibility index (Phi) is 4.88. The first-order valence-corrected chi connectivity index (χ1v) is 6.59. The summed E-state index contributed by atoms with van der Waals surface area (Å²) in [6.45, 7) is 0. The lowest BCUT2D eigenvalue weighted by atomic mass is 10.0. The van der Waals surface area contributed by atoms with Crippen molar-refractivity contribution in [1.82, 2.24) is 0 Å². The fourth-order valence-corrected chi connectivity index (χ4v) is 2.01. The summed E-state index contributed by atoms with van der Waals surface area (Å²) < 4.78 is 24.1. The second-order valence-electron chi connectivity index (χ2n) is 4.58. The summed E-state index contributed by atoms with van der Waals surface area (Å²) in [5.74, 6) is -1.60. The lowest BCUT2D eigenvalue weighted by Gasteiger charge is -2.09. The summed E-state index contributed by atoms with van der Waals surface area (Å²) in [5.41, 5.74) is 0.187. The maximum absolute atomic E-state index is 14.2. The highest BCUT2D eigenvalue weighted by Gasteiger charge is 2.21. The highest BCUT2D eigenvalue weighted by molar-refractivity contribution is 6.13. The second-order valence-corrected chi connectivity index (χ2v) is 4.58. The van der Waals surface area contributed by atoms with E-state index in [0.717, 1.165) is 0 Å². The molecule has 0 aromatic heterocycles. The largest absolute Gasteiger partial charge is 0.497 e. The van der Waals surface area contributed by atoms with Crippen molar-refractivity contribution in [2.75, 3.05) is 14.2 Å². The van der Waals surface area contributed by atoms with Gasteiger partial charge in [-0.25, -0.2) is 4.39 Å². The maximum Gasteiger partial charge on any atom is 0.176 e. The summed E-state index contributed by atoms with van der Waals surface area (Å²) in [6, 6.07) is 11.0. The molecule has 0 aliphatic rings. The van der Waals surface area contributed by atoms with Gasteiger partial charge in [-0.2, -0.15) is 0 Å². The molecule has 5 heteroatoms. The highest BCUT2D eigenvalue weighted by Crippen LogP contribution is 2.28. The van der Waals surface area contributed by atoms with E-state index < -0.39 is 18.0 Å². The number of methoxy groups -OCH3 is 2. The van der Waals surface area contributed by atoms with Gasteiger partial charge in [0.15, 0.2) is 23.1 Å². The van der Waals surface area contributed by atoms with Crippen molar-refractivity contribution in [3.05, 3.63) is 59.4 Å². The molecule has 0 N–H and O–H groups in total. The molecular weight excluding hydrogens is 287 g/mol. The quantitative estimate of drug-likeness (QED) is 0.607. The third-order valence-corrected chi connectivity index (χ3v) is 3.19. The molecule has 4 nitrogen and oxygen atoms in total. The van der Waals surface area contributed by atoms with Crippen molar-refractivity contribution in [3.8, 4) is 11.5 Å². The van der Waals surface area contributed by atoms with E-state index >= 15 is 0 Å². The van der Waals surface area contributed by atoms with Crippen molar-refractivity contribution in [3.63, 3.8) is 0 Å². The van der Waals surface area contributed by atoms with Crippen molar-refractivity contribution in [2.45, 2.75) is 6.42 Å². The average molecular weight is 302 g/mol. The highest BCUT2D eigenvalue weighted by atomic mass is 19.1. The van der Waals surface area contributed by atoms with E-state index in [1.165, 1.54) is 26.4 Å². The van der Waals surface area contributed by atoms with Gasteiger partial charge >= 0.3 is 0 Å². The zero-order valence-corrected chi connectivity index (χ0v) is 12.3. The van der Waals surface area contributed by atoms with Gasteiger partial charge in [0.1, 0.15) is 5.75 Å². The zero-order chi connectivity index (χ0) is 16.1. The molecule has 114 valence electrons. The number of Topliss-reactive ketones (excluding diaryl/α,β-unsaturated/α-hetero) is 2. The van der Waals surface area contributed by atoms with E-state index in [2.05, 4.69) is 0 Å². The summed E-state index contributed by atoms with van der Waals surface area (Å²) >= 11 is 0. The van der Waals surface area contributed by atoms with E-state index in [1.807, 2.05) is 0 Å². The maximum atomic E-state index is 14.2. The zero-order valence-electron chi connectivity index (χ0n) is 12.3. The van der Waals surface area contributed by atoms with Gasteiger partial charge in [0.2, 0.25) is 0 Å². The molecule has 0 unspecified atom stereocenters. The molecule has 0 heterocycles. The van der Waals surface area contributed by atoms with Gasteiger partial charge in [0.05, 0.1) is 26.2 Å².